The molecule has 0 heterocycles. The van der Waals surface area contributed by atoms with E-state index in [0.717, 1.165) is 0 Å². The molecule has 0 bridgehead atoms. The number of alkyl halides is 11. The first kappa shape index (κ1) is 23.4. The number of halogens is 11. The summed E-state index contributed by atoms with van der Waals surface area (Å²) in [6.07, 6.45) is -20.0. The van der Waals surface area contributed by atoms with Crippen LogP contribution in [0.1, 0.15) is 6.42 Å². The van der Waals surface area contributed by atoms with Gasteiger partial charge in [0.15, 0.2) is 0 Å². The molecule has 25 heavy (non-hydrogen) atoms. The van der Waals surface area contributed by atoms with Crippen LogP contribution < -0.4 is 0 Å². The van der Waals surface area contributed by atoms with Gasteiger partial charge in [0.2, 0.25) is 0 Å². The van der Waals surface area contributed by atoms with Crippen molar-refractivity contribution in [2.75, 3.05) is 6.61 Å². The highest BCUT2D eigenvalue weighted by Gasteiger charge is 2.89. The quantitative estimate of drug-likeness (QED) is 0.405. The average Bonchev–Trinajstić information content (AvgIpc) is 2.40. The second-order valence-electron chi connectivity index (χ2n) is 4.62. The predicted molar refractivity (Wildman–Crippen MR) is 57.6 cm³/mol. The third-order valence-corrected chi connectivity index (χ3v) is 2.76. The van der Waals surface area contributed by atoms with Crippen molar-refractivity contribution in [3.63, 3.8) is 0 Å². The lowest BCUT2D eigenvalue weighted by Crippen LogP contribution is -2.70. The first-order valence-electron chi connectivity index (χ1n) is 5.90. The molecule has 0 aliphatic carbocycles. The van der Waals surface area contributed by atoms with Crippen LogP contribution in [0.15, 0.2) is 12.7 Å². The van der Waals surface area contributed by atoms with E-state index in [1.54, 1.807) is 0 Å². The van der Waals surface area contributed by atoms with Gasteiger partial charge in [0.25, 0.3) is 5.92 Å². The molecule has 148 valence electrons. The lowest BCUT2D eigenvalue weighted by atomic mass is 9.85. The molecule has 14 heteroatoms. The molecule has 0 aliphatic rings. The molecule has 0 aromatic heterocycles. The topological polar surface area (TPSA) is 46.5 Å². The Labute approximate surface area is 132 Å². The number of hydrogen-bond acceptors (Lipinski definition) is 3. The van der Waals surface area contributed by atoms with Crippen molar-refractivity contribution in [1.29, 1.82) is 0 Å². The van der Waals surface area contributed by atoms with Gasteiger partial charge in [-0.15, -0.1) is 0 Å². The van der Waals surface area contributed by atoms with Crippen LogP contribution in [0.5, 0.6) is 0 Å². The Morgan fingerprint density at radius 3 is 1.72 bits per heavy atom. The molecule has 0 aliphatic heterocycles. The van der Waals surface area contributed by atoms with Crippen molar-refractivity contribution in [2.24, 2.45) is 0 Å². The number of esters is 1. The van der Waals surface area contributed by atoms with Gasteiger partial charge in [0.05, 0.1) is 6.10 Å². The van der Waals surface area contributed by atoms with Gasteiger partial charge in [0, 0.05) is 12.5 Å². The van der Waals surface area contributed by atoms with Gasteiger partial charge < -0.3 is 9.84 Å². The van der Waals surface area contributed by atoms with E-state index in [0.29, 0.717) is 6.08 Å². The molecule has 0 aromatic rings. The summed E-state index contributed by atoms with van der Waals surface area (Å²) in [4.78, 5) is 10.6. The van der Waals surface area contributed by atoms with E-state index < -0.39 is 55.0 Å². The number of rotatable bonds is 7. The van der Waals surface area contributed by atoms with Gasteiger partial charge in [-0.05, 0) is 0 Å². The first-order valence-corrected chi connectivity index (χ1v) is 5.90. The Morgan fingerprint density at radius 1 is 0.960 bits per heavy atom. The Balaban J connectivity index is 5.82. The van der Waals surface area contributed by atoms with Gasteiger partial charge in [-0.3, -0.25) is 0 Å². The molecule has 3 nitrogen and oxygen atoms in total. The van der Waals surface area contributed by atoms with Crippen LogP contribution in [-0.2, 0) is 9.53 Å². The minimum atomic E-state index is -7.54. The zero-order chi connectivity index (χ0) is 20.5. The lowest BCUT2D eigenvalue weighted by molar-refractivity contribution is -0.425. The molecule has 0 saturated carbocycles. The maximum absolute atomic E-state index is 13.6. The van der Waals surface area contributed by atoms with Crippen molar-refractivity contribution in [3.8, 4) is 0 Å². The first-order chi connectivity index (χ1) is 10.8. The largest absolute Gasteiger partial charge is 0.460 e. The summed E-state index contributed by atoms with van der Waals surface area (Å²) in [5.74, 6) is -15.4. The summed E-state index contributed by atoms with van der Waals surface area (Å²) in [5.41, 5.74) is -7.38. The molecular formula is C11H9F11O3. The molecule has 2 atom stereocenters. The van der Waals surface area contributed by atoms with Gasteiger partial charge in [-0.1, -0.05) is 6.58 Å². The third-order valence-electron chi connectivity index (χ3n) is 2.76. The number of carbonyl (C=O) groups excluding carboxylic acids is 1. The second-order valence-corrected chi connectivity index (χ2v) is 4.62. The van der Waals surface area contributed by atoms with Crippen molar-refractivity contribution < 1.29 is 62.9 Å². The highest BCUT2D eigenvalue weighted by molar-refractivity contribution is 5.81. The SMILES string of the molecule is C=CC(=O)OCC(O)CC(F)(F)C(F)(C(F)(F)F)C(F)(F)C(F)(F)F. The zero-order valence-corrected chi connectivity index (χ0v) is 11.7. The van der Waals surface area contributed by atoms with E-state index >= 15 is 0 Å². The lowest BCUT2D eigenvalue weighted by Gasteiger charge is -2.40. The van der Waals surface area contributed by atoms with Crippen LogP contribution in [0.2, 0.25) is 0 Å². The van der Waals surface area contributed by atoms with E-state index in [4.69, 9.17) is 5.11 Å². The minimum absolute atomic E-state index is 0.415. The second kappa shape index (κ2) is 6.96. The minimum Gasteiger partial charge on any atom is -0.460 e. The highest BCUT2D eigenvalue weighted by Crippen LogP contribution is 2.59. The standard InChI is InChI=1S/C11H9F11O3/c1-2-6(24)25-4-5(23)3-7(12,13)8(14,10(17,18)19)9(15,16)11(20,21)22/h2,5,23H,1,3-4H2. The molecular weight excluding hydrogens is 389 g/mol. The monoisotopic (exact) mass is 398 g/mol. The van der Waals surface area contributed by atoms with Crippen LogP contribution in [0.3, 0.4) is 0 Å². The summed E-state index contributed by atoms with van der Waals surface area (Å²) < 4.78 is 144. The third kappa shape index (κ3) is 4.33. The summed E-state index contributed by atoms with van der Waals surface area (Å²) in [7, 11) is 0. The Kier molecular flexibility index (Phi) is 6.51. The van der Waals surface area contributed by atoms with Crippen molar-refractivity contribution in [1.82, 2.24) is 0 Å². The Bertz CT molecular complexity index is 496. The Morgan fingerprint density at radius 2 is 1.40 bits per heavy atom. The van der Waals surface area contributed by atoms with E-state index in [-0.39, 0.29) is 0 Å². The average molecular weight is 398 g/mol. The summed E-state index contributed by atoms with van der Waals surface area (Å²) in [5, 5.41) is 8.98. The van der Waals surface area contributed by atoms with E-state index in [1.165, 1.54) is 0 Å². The van der Waals surface area contributed by atoms with Crippen molar-refractivity contribution in [2.45, 2.75) is 42.4 Å². The Hall–Kier alpha value is -1.60. The maximum atomic E-state index is 13.6. The maximum Gasteiger partial charge on any atom is 0.457 e. The number of aliphatic hydroxyl groups excluding tert-OH is 1. The van der Waals surface area contributed by atoms with Gasteiger partial charge in [-0.25, -0.2) is 18.0 Å². The number of hydrogen-bond donors (Lipinski definition) is 1. The van der Waals surface area contributed by atoms with Gasteiger partial charge >= 0.3 is 29.9 Å². The molecule has 2 unspecified atom stereocenters. The zero-order valence-electron chi connectivity index (χ0n) is 11.7. The van der Waals surface area contributed by atoms with Crippen molar-refractivity contribution in [3.05, 3.63) is 12.7 Å². The normalized spacial score (nSPS) is 17.6. The highest BCUT2D eigenvalue weighted by atomic mass is 19.4. The van der Waals surface area contributed by atoms with Gasteiger partial charge in [-0.2, -0.15) is 35.1 Å². The van der Waals surface area contributed by atoms with Crippen LogP contribution in [0, 0.1) is 0 Å². The smallest absolute Gasteiger partial charge is 0.457 e. The number of carbonyl (C=O) groups is 1. The van der Waals surface area contributed by atoms with Crippen LogP contribution in [0.4, 0.5) is 48.3 Å². The van der Waals surface area contributed by atoms with Crippen LogP contribution >= 0.6 is 0 Å². The number of aliphatic hydroxyl groups is 1. The van der Waals surface area contributed by atoms with Crippen molar-refractivity contribution >= 4 is 5.97 Å². The summed E-state index contributed by atoms with van der Waals surface area (Å²) in [6, 6.07) is 0. The van der Waals surface area contributed by atoms with Crippen LogP contribution in [0.25, 0.3) is 0 Å². The molecule has 0 rings (SSSR count). The number of ether oxygens (including phenoxy) is 1. The molecule has 0 saturated heterocycles. The van der Waals surface area contributed by atoms with Gasteiger partial charge in [0.1, 0.15) is 6.61 Å². The molecule has 0 aromatic carbocycles. The van der Waals surface area contributed by atoms with E-state index in [9.17, 15) is 53.1 Å². The molecule has 0 spiro atoms. The molecule has 0 radical (unpaired) electrons. The fourth-order valence-electron chi connectivity index (χ4n) is 1.54. The molecule has 0 amide bonds. The predicted octanol–water partition coefficient (Wildman–Crippen LogP) is 3.57. The summed E-state index contributed by atoms with van der Waals surface area (Å²) in [6.45, 7) is 1.27. The van der Waals surface area contributed by atoms with E-state index in [1.807, 2.05) is 0 Å². The molecule has 0 fully saturated rings. The summed E-state index contributed by atoms with van der Waals surface area (Å²) >= 11 is 0. The van der Waals surface area contributed by atoms with Crippen LogP contribution in [-0.4, -0.2) is 53.7 Å². The molecule has 1 N–H and O–H groups in total. The fourth-order valence-corrected chi connectivity index (χ4v) is 1.54. The van der Waals surface area contributed by atoms with E-state index in [2.05, 4.69) is 11.3 Å². The fraction of sp³-hybridized carbons (Fsp3) is 0.727.